The van der Waals surface area contributed by atoms with E-state index < -0.39 is 10.0 Å². The summed E-state index contributed by atoms with van der Waals surface area (Å²) in [4.78, 5) is 21.2. The Morgan fingerprint density at radius 3 is 2.60 bits per heavy atom. The summed E-state index contributed by atoms with van der Waals surface area (Å²) in [6.45, 7) is 2.66. The summed E-state index contributed by atoms with van der Waals surface area (Å²) >= 11 is 5.98. The Bertz CT molecular complexity index is 1170. The first-order valence-corrected chi connectivity index (χ1v) is 11.5. The molecule has 4 heterocycles. The van der Waals surface area contributed by atoms with Crippen molar-refractivity contribution in [2.75, 3.05) is 13.1 Å². The van der Waals surface area contributed by atoms with Crippen LogP contribution in [0.1, 0.15) is 24.4 Å². The van der Waals surface area contributed by atoms with Crippen LogP contribution < -0.4 is 5.32 Å². The maximum Gasteiger partial charge on any atom is 0.262 e. The van der Waals surface area contributed by atoms with Crippen LogP contribution in [0.4, 0.5) is 0 Å². The Morgan fingerprint density at radius 2 is 1.93 bits per heavy atom. The number of rotatable bonds is 5. The molecule has 0 unspecified atom stereocenters. The second kappa shape index (κ2) is 8.01. The summed E-state index contributed by atoms with van der Waals surface area (Å²) in [5.74, 6) is 0.321. The van der Waals surface area contributed by atoms with Gasteiger partial charge in [-0.1, -0.05) is 11.6 Å². The zero-order valence-electron chi connectivity index (χ0n) is 16.7. The molecule has 1 aliphatic heterocycles. The summed E-state index contributed by atoms with van der Waals surface area (Å²) < 4.78 is 30.5. The van der Waals surface area contributed by atoms with Crippen molar-refractivity contribution in [1.82, 2.24) is 28.6 Å². The molecule has 0 radical (unpaired) electrons. The van der Waals surface area contributed by atoms with Gasteiger partial charge in [0, 0.05) is 44.6 Å². The minimum absolute atomic E-state index is 0.0531. The first-order valence-electron chi connectivity index (χ1n) is 9.65. The molecule has 0 atom stereocenters. The molecular weight excluding hydrogens is 428 g/mol. The second-order valence-corrected chi connectivity index (χ2v) is 9.80. The summed E-state index contributed by atoms with van der Waals surface area (Å²) in [6.07, 6.45) is 6.04. The van der Waals surface area contributed by atoms with Crippen LogP contribution in [0, 0.1) is 12.8 Å². The van der Waals surface area contributed by atoms with Gasteiger partial charge in [0.05, 0.1) is 17.3 Å². The van der Waals surface area contributed by atoms with Crippen LogP contribution in [0.25, 0.3) is 5.65 Å². The van der Waals surface area contributed by atoms with Gasteiger partial charge in [-0.2, -0.15) is 4.31 Å². The van der Waals surface area contributed by atoms with Crippen LogP contribution in [0.5, 0.6) is 0 Å². The fraction of sp³-hybridized carbons (Fsp3) is 0.421. The van der Waals surface area contributed by atoms with Crippen molar-refractivity contribution in [3.05, 3.63) is 47.3 Å². The number of amides is 1. The molecule has 11 heteroatoms. The Balaban J connectivity index is 1.33. The number of nitrogens with one attached hydrogen (secondary N) is 1. The lowest BCUT2D eigenvalue weighted by Gasteiger charge is -2.29. The van der Waals surface area contributed by atoms with Gasteiger partial charge in [-0.3, -0.25) is 4.79 Å². The van der Waals surface area contributed by atoms with Gasteiger partial charge in [0.15, 0.2) is 5.03 Å². The SMILES string of the molecule is Cc1nc(S(=O)(=O)N2CCC(C(=O)NCc3cn4cc(Cl)ccc4n3)CC2)cn1C. The van der Waals surface area contributed by atoms with E-state index in [1.807, 2.05) is 16.7 Å². The molecule has 1 aliphatic rings. The van der Waals surface area contributed by atoms with E-state index in [4.69, 9.17) is 11.6 Å². The molecule has 0 spiro atoms. The fourth-order valence-electron chi connectivity index (χ4n) is 3.57. The van der Waals surface area contributed by atoms with Gasteiger partial charge in [-0.25, -0.2) is 18.4 Å². The number of pyridine rings is 1. The van der Waals surface area contributed by atoms with Gasteiger partial charge in [0.25, 0.3) is 10.0 Å². The molecule has 1 fully saturated rings. The van der Waals surface area contributed by atoms with Crippen LogP contribution in [0.3, 0.4) is 0 Å². The number of carbonyl (C=O) groups excluding carboxylic acids is 1. The number of sulfonamides is 1. The molecule has 0 aromatic carbocycles. The predicted molar refractivity (Wildman–Crippen MR) is 111 cm³/mol. The summed E-state index contributed by atoms with van der Waals surface area (Å²) in [7, 11) is -1.88. The number of aryl methyl sites for hydroxylation is 2. The third kappa shape index (κ3) is 4.07. The molecule has 3 aromatic heterocycles. The van der Waals surface area contributed by atoms with Crippen LogP contribution in [-0.4, -0.2) is 50.7 Å². The lowest BCUT2D eigenvalue weighted by atomic mass is 9.97. The van der Waals surface area contributed by atoms with E-state index in [1.54, 1.807) is 30.8 Å². The van der Waals surface area contributed by atoms with Crippen LogP contribution in [0.15, 0.2) is 35.7 Å². The average Bonchev–Trinajstić information content (AvgIpc) is 3.28. The van der Waals surface area contributed by atoms with Crippen molar-refractivity contribution in [3.8, 4) is 0 Å². The van der Waals surface area contributed by atoms with Crippen LogP contribution >= 0.6 is 11.6 Å². The molecule has 0 saturated carbocycles. The lowest BCUT2D eigenvalue weighted by Crippen LogP contribution is -2.43. The maximum atomic E-state index is 12.8. The number of hydrogen-bond donors (Lipinski definition) is 1. The van der Waals surface area contributed by atoms with Gasteiger partial charge < -0.3 is 14.3 Å². The number of halogens is 1. The number of hydrogen-bond acceptors (Lipinski definition) is 5. The zero-order valence-corrected chi connectivity index (χ0v) is 18.3. The number of piperidine rings is 1. The van der Waals surface area contributed by atoms with Gasteiger partial charge in [-0.05, 0) is 31.9 Å². The smallest absolute Gasteiger partial charge is 0.262 e. The molecule has 9 nitrogen and oxygen atoms in total. The van der Waals surface area contributed by atoms with E-state index in [9.17, 15) is 13.2 Å². The molecule has 1 saturated heterocycles. The highest BCUT2D eigenvalue weighted by molar-refractivity contribution is 7.89. The first-order chi connectivity index (χ1) is 14.2. The summed E-state index contributed by atoms with van der Waals surface area (Å²) in [5.41, 5.74) is 1.49. The van der Waals surface area contributed by atoms with Crippen molar-refractivity contribution >= 4 is 33.2 Å². The topological polar surface area (TPSA) is 102 Å². The largest absolute Gasteiger partial charge is 0.350 e. The van der Waals surface area contributed by atoms with E-state index in [1.165, 1.54) is 10.5 Å². The van der Waals surface area contributed by atoms with E-state index in [2.05, 4.69) is 15.3 Å². The summed E-state index contributed by atoms with van der Waals surface area (Å²) in [5, 5.41) is 3.57. The minimum Gasteiger partial charge on any atom is -0.350 e. The van der Waals surface area contributed by atoms with Gasteiger partial charge in [0.2, 0.25) is 5.91 Å². The standard InChI is InChI=1S/C19H23ClN6O3S/c1-13-22-18(12-24(13)2)30(28,29)26-7-5-14(6-8-26)19(27)21-9-16-11-25-10-15(20)3-4-17(25)23-16/h3-4,10-12,14H,5-9H2,1-2H3,(H,21,27). The molecule has 160 valence electrons. The minimum atomic E-state index is -3.64. The Labute approximate surface area is 179 Å². The highest BCUT2D eigenvalue weighted by Crippen LogP contribution is 2.23. The summed E-state index contributed by atoms with van der Waals surface area (Å²) in [6, 6.07) is 3.58. The van der Waals surface area contributed by atoms with E-state index in [0.717, 1.165) is 11.3 Å². The monoisotopic (exact) mass is 450 g/mol. The Morgan fingerprint density at radius 1 is 1.20 bits per heavy atom. The molecule has 3 aromatic rings. The van der Waals surface area contributed by atoms with Crippen molar-refractivity contribution < 1.29 is 13.2 Å². The predicted octanol–water partition coefficient (Wildman–Crippen LogP) is 1.75. The number of carbonyl (C=O) groups is 1. The number of imidazole rings is 2. The molecule has 1 amide bonds. The number of nitrogens with zero attached hydrogens (tertiary/aromatic N) is 5. The van der Waals surface area contributed by atoms with Gasteiger partial charge >= 0.3 is 0 Å². The second-order valence-electron chi connectivity index (χ2n) is 7.48. The lowest BCUT2D eigenvalue weighted by molar-refractivity contribution is -0.126. The normalized spacial score (nSPS) is 16.2. The van der Waals surface area contributed by atoms with Crippen molar-refractivity contribution in [1.29, 1.82) is 0 Å². The maximum absolute atomic E-state index is 12.8. The highest BCUT2D eigenvalue weighted by Gasteiger charge is 2.33. The van der Waals surface area contributed by atoms with Crippen LogP contribution in [0.2, 0.25) is 5.02 Å². The molecule has 0 bridgehead atoms. The van der Waals surface area contributed by atoms with Crippen molar-refractivity contribution in [2.24, 2.45) is 13.0 Å². The van der Waals surface area contributed by atoms with E-state index in [-0.39, 0.29) is 16.9 Å². The Kier molecular flexibility index (Phi) is 5.56. The molecule has 1 N–H and O–H groups in total. The third-order valence-corrected chi connectivity index (χ3v) is 7.42. The molecule has 30 heavy (non-hydrogen) atoms. The molecule has 4 rings (SSSR count). The molecular formula is C19H23ClN6O3S. The van der Waals surface area contributed by atoms with Gasteiger partial charge in [0.1, 0.15) is 11.5 Å². The highest BCUT2D eigenvalue weighted by atomic mass is 35.5. The average molecular weight is 451 g/mol. The quantitative estimate of drug-likeness (QED) is 0.638. The first kappa shape index (κ1) is 20.8. The van der Waals surface area contributed by atoms with Crippen molar-refractivity contribution in [2.45, 2.75) is 31.3 Å². The number of fused-ring (bicyclic) bond motifs is 1. The van der Waals surface area contributed by atoms with E-state index >= 15 is 0 Å². The molecule has 0 aliphatic carbocycles. The van der Waals surface area contributed by atoms with E-state index in [0.29, 0.717) is 43.3 Å². The van der Waals surface area contributed by atoms with Gasteiger partial charge in [-0.15, -0.1) is 0 Å². The zero-order chi connectivity index (χ0) is 21.5. The van der Waals surface area contributed by atoms with Crippen LogP contribution in [-0.2, 0) is 28.4 Å². The number of aromatic nitrogens is 4. The Hall–Kier alpha value is -2.43. The fourth-order valence-corrected chi connectivity index (χ4v) is 5.23. The van der Waals surface area contributed by atoms with Crippen molar-refractivity contribution in [3.63, 3.8) is 0 Å². The third-order valence-electron chi connectivity index (χ3n) is 5.42.